The molecule has 1 aromatic carbocycles. The largest absolute Gasteiger partial charge is 0.361 e. The van der Waals surface area contributed by atoms with Gasteiger partial charge in [0.1, 0.15) is 11.4 Å². The van der Waals surface area contributed by atoms with E-state index in [0.717, 1.165) is 28.2 Å². The zero-order valence-corrected chi connectivity index (χ0v) is 19.9. The van der Waals surface area contributed by atoms with Gasteiger partial charge >= 0.3 is 0 Å². The van der Waals surface area contributed by atoms with E-state index in [4.69, 9.17) is 0 Å². The van der Waals surface area contributed by atoms with Gasteiger partial charge in [0.2, 0.25) is 11.9 Å². The highest BCUT2D eigenvalue weighted by Crippen LogP contribution is 2.28. The predicted octanol–water partition coefficient (Wildman–Crippen LogP) is 3.62. The number of aromatic amines is 1. The minimum Gasteiger partial charge on any atom is -0.361 e. The second-order valence-electron chi connectivity index (χ2n) is 9.02. The number of anilines is 1. The van der Waals surface area contributed by atoms with Gasteiger partial charge < -0.3 is 15.2 Å². The summed E-state index contributed by atoms with van der Waals surface area (Å²) in [6.07, 6.45) is 6.61. The van der Waals surface area contributed by atoms with Gasteiger partial charge in [0.05, 0.1) is 12.4 Å². The van der Waals surface area contributed by atoms with Crippen molar-refractivity contribution in [3.63, 3.8) is 0 Å². The summed E-state index contributed by atoms with van der Waals surface area (Å²) >= 11 is 0. The van der Waals surface area contributed by atoms with E-state index in [2.05, 4.69) is 30.4 Å². The molecule has 2 N–H and O–H groups in total. The average Bonchev–Trinajstić information content (AvgIpc) is 3.42. The van der Waals surface area contributed by atoms with Gasteiger partial charge in [-0.1, -0.05) is 18.2 Å². The van der Waals surface area contributed by atoms with Crippen LogP contribution in [0.3, 0.4) is 0 Å². The van der Waals surface area contributed by atoms with Crippen LogP contribution in [0.25, 0.3) is 27.9 Å². The summed E-state index contributed by atoms with van der Waals surface area (Å²) in [5.74, 6) is -0.0210. The van der Waals surface area contributed by atoms with E-state index in [1.165, 1.54) is 12.3 Å². The van der Waals surface area contributed by atoms with Crippen molar-refractivity contribution in [3.05, 3.63) is 72.1 Å². The second-order valence-corrected chi connectivity index (χ2v) is 9.02. The molecule has 0 bridgehead atoms. The molecule has 1 amide bonds. The Morgan fingerprint density at radius 1 is 1.20 bits per heavy atom. The monoisotopic (exact) mass is 472 g/mol. The van der Waals surface area contributed by atoms with Gasteiger partial charge in [-0.25, -0.2) is 9.37 Å². The summed E-state index contributed by atoms with van der Waals surface area (Å²) in [6, 6.07) is 9.28. The Bertz CT molecular complexity index is 1560. The number of benzene rings is 1. The Morgan fingerprint density at radius 2 is 2.00 bits per heavy atom. The van der Waals surface area contributed by atoms with Crippen molar-refractivity contribution >= 4 is 28.4 Å². The van der Waals surface area contributed by atoms with Crippen molar-refractivity contribution in [2.75, 3.05) is 19.4 Å². The summed E-state index contributed by atoms with van der Waals surface area (Å²) < 4.78 is 15.4. The maximum atomic E-state index is 13.9. The van der Waals surface area contributed by atoms with Crippen LogP contribution >= 0.6 is 0 Å². The number of H-pyrrole nitrogens is 1. The highest BCUT2D eigenvalue weighted by atomic mass is 19.1. The van der Waals surface area contributed by atoms with E-state index in [1.807, 2.05) is 44.3 Å². The molecule has 0 aliphatic heterocycles. The Balaban J connectivity index is 1.63. The smallest absolute Gasteiger partial charge is 0.247 e. The highest BCUT2D eigenvalue weighted by molar-refractivity contribution is 5.90. The van der Waals surface area contributed by atoms with Crippen LogP contribution in [0.15, 0.2) is 55.1 Å². The number of para-hydroxylation sites is 1. The lowest BCUT2D eigenvalue weighted by molar-refractivity contribution is -0.132. The molecule has 1 atom stereocenters. The van der Waals surface area contributed by atoms with Gasteiger partial charge in [0.25, 0.3) is 0 Å². The summed E-state index contributed by atoms with van der Waals surface area (Å²) in [4.78, 5) is 31.4. The lowest BCUT2D eigenvalue weighted by atomic mass is 9.91. The van der Waals surface area contributed by atoms with E-state index in [0.29, 0.717) is 23.6 Å². The topological polar surface area (TPSA) is 104 Å². The van der Waals surface area contributed by atoms with Crippen molar-refractivity contribution in [2.24, 2.45) is 0 Å². The Hall–Kier alpha value is -4.34. The number of amides is 1. The molecular weight excluding hydrogens is 447 g/mol. The molecule has 5 rings (SSSR count). The quantitative estimate of drug-likeness (QED) is 0.391. The summed E-state index contributed by atoms with van der Waals surface area (Å²) in [5.41, 5.74) is 2.70. The van der Waals surface area contributed by atoms with Gasteiger partial charge in [-0.3, -0.25) is 9.78 Å². The van der Waals surface area contributed by atoms with E-state index >= 15 is 0 Å². The molecular formula is C25H25FN8O. The maximum Gasteiger partial charge on any atom is 0.247 e. The summed E-state index contributed by atoms with van der Waals surface area (Å²) in [5, 5.41) is 8.81. The number of hydrogen-bond acceptors (Lipinski definition) is 6. The molecule has 4 heterocycles. The number of halogens is 1. The molecule has 10 heteroatoms. The normalized spacial score (nSPS) is 13.2. The summed E-state index contributed by atoms with van der Waals surface area (Å²) in [6.45, 7) is 3.72. The predicted molar refractivity (Wildman–Crippen MR) is 131 cm³/mol. The molecule has 5 aromatic rings. The van der Waals surface area contributed by atoms with Crippen molar-refractivity contribution in [2.45, 2.75) is 25.8 Å². The molecule has 0 saturated carbocycles. The SMILES string of the molecule is Cc1cnn2c(NC(C)(Cc3c[nH]c4ccccc34)C(=O)N(C)C)nc(-c3cncc(F)c3)nc12. The van der Waals surface area contributed by atoms with Crippen LogP contribution in [0.4, 0.5) is 10.3 Å². The first-order valence-corrected chi connectivity index (χ1v) is 11.1. The Kier molecular flexibility index (Phi) is 5.43. The van der Waals surface area contributed by atoms with Crippen molar-refractivity contribution in [1.82, 2.24) is 34.4 Å². The number of carbonyl (C=O) groups excluding carboxylic acids is 1. The van der Waals surface area contributed by atoms with Crippen molar-refractivity contribution in [1.29, 1.82) is 0 Å². The Morgan fingerprint density at radius 3 is 2.77 bits per heavy atom. The standard InChI is InChI=1S/C25H25FN8O/c1-15-11-29-34-22(15)30-21(16-9-18(26)14-27-12-16)31-24(34)32-25(2,23(35)33(3)4)10-17-13-28-20-8-6-5-7-19(17)20/h5-9,11-14,28H,10H2,1-4H3,(H,30,31,32). The number of aryl methyl sites for hydroxylation is 1. The number of fused-ring (bicyclic) bond motifs is 2. The number of aromatic nitrogens is 6. The van der Waals surface area contributed by atoms with Crippen LogP contribution in [-0.4, -0.2) is 60.0 Å². The zero-order valence-electron chi connectivity index (χ0n) is 19.9. The second kappa shape index (κ2) is 8.46. The zero-order chi connectivity index (χ0) is 24.7. The summed E-state index contributed by atoms with van der Waals surface area (Å²) in [7, 11) is 3.43. The number of nitrogens with one attached hydrogen (secondary N) is 2. The van der Waals surface area contributed by atoms with Gasteiger partial charge in [0.15, 0.2) is 11.5 Å². The third-order valence-electron chi connectivity index (χ3n) is 5.99. The first kappa shape index (κ1) is 22.5. The molecule has 0 spiro atoms. The van der Waals surface area contributed by atoms with E-state index in [9.17, 15) is 9.18 Å². The molecule has 178 valence electrons. The van der Waals surface area contributed by atoms with E-state index < -0.39 is 11.4 Å². The first-order valence-electron chi connectivity index (χ1n) is 11.1. The van der Waals surface area contributed by atoms with Crippen LogP contribution in [-0.2, 0) is 11.2 Å². The molecule has 4 aromatic heterocycles. The molecule has 0 saturated heterocycles. The Labute approximate surface area is 201 Å². The number of pyridine rings is 1. The van der Waals surface area contributed by atoms with Crippen LogP contribution in [0.1, 0.15) is 18.1 Å². The van der Waals surface area contributed by atoms with Gasteiger partial charge in [0, 0.05) is 54.9 Å². The minimum atomic E-state index is -1.08. The number of rotatable bonds is 6. The highest BCUT2D eigenvalue weighted by Gasteiger charge is 2.37. The molecule has 0 radical (unpaired) electrons. The van der Waals surface area contributed by atoms with Gasteiger partial charge in [-0.05, 0) is 31.5 Å². The lowest BCUT2D eigenvalue weighted by Gasteiger charge is -2.32. The lowest BCUT2D eigenvalue weighted by Crippen LogP contribution is -2.52. The average molecular weight is 473 g/mol. The van der Waals surface area contributed by atoms with Crippen molar-refractivity contribution < 1.29 is 9.18 Å². The fraction of sp³-hybridized carbons (Fsp3) is 0.240. The molecule has 0 aliphatic rings. The van der Waals surface area contributed by atoms with E-state index in [1.54, 1.807) is 29.7 Å². The molecule has 0 fully saturated rings. The fourth-order valence-electron chi connectivity index (χ4n) is 4.30. The number of carbonyl (C=O) groups is 1. The van der Waals surface area contributed by atoms with Crippen LogP contribution in [0.5, 0.6) is 0 Å². The van der Waals surface area contributed by atoms with Crippen LogP contribution in [0.2, 0.25) is 0 Å². The van der Waals surface area contributed by atoms with Crippen LogP contribution < -0.4 is 5.32 Å². The minimum absolute atomic E-state index is 0.132. The maximum absolute atomic E-state index is 13.9. The molecule has 0 aliphatic carbocycles. The number of nitrogens with zero attached hydrogens (tertiary/aromatic N) is 6. The molecule has 35 heavy (non-hydrogen) atoms. The molecule has 9 nitrogen and oxygen atoms in total. The third kappa shape index (κ3) is 4.07. The van der Waals surface area contributed by atoms with Gasteiger partial charge in [-0.15, -0.1) is 0 Å². The first-order chi connectivity index (χ1) is 16.7. The number of hydrogen-bond donors (Lipinski definition) is 2. The third-order valence-corrected chi connectivity index (χ3v) is 5.99. The van der Waals surface area contributed by atoms with Crippen LogP contribution in [0, 0.1) is 12.7 Å². The molecule has 1 unspecified atom stereocenters. The van der Waals surface area contributed by atoms with Gasteiger partial charge in [-0.2, -0.15) is 14.6 Å². The van der Waals surface area contributed by atoms with Crippen molar-refractivity contribution in [3.8, 4) is 11.4 Å². The van der Waals surface area contributed by atoms with E-state index in [-0.39, 0.29) is 11.7 Å². The fourth-order valence-corrected chi connectivity index (χ4v) is 4.30. The number of likely N-dealkylation sites (N-methyl/N-ethyl adjacent to an activating group) is 1.